The molecular weight excluding hydrogens is 247 g/mol. The summed E-state index contributed by atoms with van der Waals surface area (Å²) in [6, 6.07) is 5.06. The largest absolute Gasteiger partial charge is 0.328 e. The van der Waals surface area contributed by atoms with Crippen molar-refractivity contribution in [2.75, 3.05) is 18.0 Å². The van der Waals surface area contributed by atoms with Gasteiger partial charge in [-0.2, -0.15) is 0 Å². The van der Waals surface area contributed by atoms with E-state index in [0.717, 1.165) is 5.69 Å². The Balaban J connectivity index is 2.29. The van der Waals surface area contributed by atoms with Gasteiger partial charge in [0.25, 0.3) is 0 Å². The maximum atomic E-state index is 11.8. The molecule has 0 radical (unpaired) electrons. The van der Waals surface area contributed by atoms with E-state index in [1.54, 1.807) is 28.0 Å². The molecule has 0 spiro atoms. The first kappa shape index (κ1) is 11.3. The van der Waals surface area contributed by atoms with E-state index in [1.165, 1.54) is 6.20 Å². The number of anilines is 1. The first-order valence-corrected chi connectivity index (χ1v) is 5.55. The molecular formula is C11H10Cl2N2O. The number of carbonyl (C=O) groups excluding carboxylic acids is 1. The van der Waals surface area contributed by atoms with Crippen LogP contribution < -0.4 is 4.90 Å². The normalized spacial score (nSPS) is 15.8. The first-order chi connectivity index (χ1) is 7.63. The van der Waals surface area contributed by atoms with Gasteiger partial charge < -0.3 is 0 Å². The topological polar surface area (TPSA) is 23.6 Å². The molecule has 0 aliphatic carbocycles. The molecule has 5 heteroatoms. The zero-order valence-electron chi connectivity index (χ0n) is 8.49. The molecule has 1 aliphatic heterocycles. The highest BCUT2D eigenvalue weighted by Gasteiger charge is 2.27. The van der Waals surface area contributed by atoms with Crippen molar-refractivity contribution in [3.05, 3.63) is 41.0 Å². The molecule has 2 amide bonds. The predicted molar refractivity (Wildman–Crippen MR) is 66.1 cm³/mol. The SMILES string of the molecule is C=CN1CCN(c2ccc(Cl)c(Cl)c2)C1=O. The van der Waals surface area contributed by atoms with Gasteiger partial charge in [0, 0.05) is 25.0 Å². The molecule has 0 atom stereocenters. The van der Waals surface area contributed by atoms with Gasteiger partial charge in [0.2, 0.25) is 0 Å². The van der Waals surface area contributed by atoms with Gasteiger partial charge in [-0.15, -0.1) is 0 Å². The summed E-state index contributed by atoms with van der Waals surface area (Å²) in [4.78, 5) is 15.0. The molecule has 1 fully saturated rings. The average molecular weight is 257 g/mol. The van der Waals surface area contributed by atoms with Gasteiger partial charge in [-0.3, -0.25) is 9.80 Å². The molecule has 3 nitrogen and oxygen atoms in total. The van der Waals surface area contributed by atoms with Crippen molar-refractivity contribution >= 4 is 34.9 Å². The lowest BCUT2D eigenvalue weighted by atomic mass is 10.3. The first-order valence-electron chi connectivity index (χ1n) is 4.79. The summed E-state index contributed by atoms with van der Waals surface area (Å²) < 4.78 is 0. The Labute approximate surface area is 104 Å². The van der Waals surface area contributed by atoms with Crippen molar-refractivity contribution in [3.63, 3.8) is 0 Å². The second-order valence-corrected chi connectivity index (χ2v) is 4.22. The molecule has 0 bridgehead atoms. The van der Waals surface area contributed by atoms with Gasteiger partial charge in [-0.1, -0.05) is 29.8 Å². The number of carbonyl (C=O) groups is 1. The number of hydrogen-bond donors (Lipinski definition) is 0. The van der Waals surface area contributed by atoms with Crippen molar-refractivity contribution in [2.24, 2.45) is 0 Å². The van der Waals surface area contributed by atoms with E-state index in [9.17, 15) is 4.79 Å². The van der Waals surface area contributed by atoms with Gasteiger partial charge in [0.05, 0.1) is 10.0 Å². The number of halogens is 2. The molecule has 16 heavy (non-hydrogen) atoms. The van der Waals surface area contributed by atoms with Crippen LogP contribution in [-0.4, -0.2) is 24.0 Å². The fraction of sp³-hybridized carbons (Fsp3) is 0.182. The Hall–Kier alpha value is -1.19. The predicted octanol–water partition coefficient (Wildman–Crippen LogP) is 3.38. The molecule has 0 N–H and O–H groups in total. The molecule has 1 saturated heterocycles. The Kier molecular flexibility index (Phi) is 3.08. The van der Waals surface area contributed by atoms with E-state index in [4.69, 9.17) is 23.2 Å². The van der Waals surface area contributed by atoms with Crippen LogP contribution in [-0.2, 0) is 0 Å². The minimum absolute atomic E-state index is 0.0895. The van der Waals surface area contributed by atoms with E-state index >= 15 is 0 Å². The minimum Gasteiger partial charge on any atom is -0.299 e. The van der Waals surface area contributed by atoms with Crippen LogP contribution in [0.3, 0.4) is 0 Å². The molecule has 84 valence electrons. The van der Waals surface area contributed by atoms with E-state index in [2.05, 4.69) is 6.58 Å². The zero-order valence-corrected chi connectivity index (χ0v) is 10.0. The third kappa shape index (κ3) is 1.88. The molecule has 2 rings (SSSR count). The number of benzene rings is 1. The smallest absolute Gasteiger partial charge is 0.299 e. The monoisotopic (exact) mass is 256 g/mol. The molecule has 1 aromatic carbocycles. The average Bonchev–Trinajstić information content (AvgIpc) is 2.64. The summed E-state index contributed by atoms with van der Waals surface area (Å²) in [6.07, 6.45) is 1.53. The van der Waals surface area contributed by atoms with E-state index in [0.29, 0.717) is 23.1 Å². The molecule has 1 heterocycles. The maximum Gasteiger partial charge on any atom is 0.328 e. The van der Waals surface area contributed by atoms with Gasteiger partial charge in [-0.05, 0) is 18.2 Å². The fourth-order valence-corrected chi connectivity index (χ4v) is 1.91. The highest BCUT2D eigenvalue weighted by Crippen LogP contribution is 2.29. The summed E-state index contributed by atoms with van der Waals surface area (Å²) in [5.74, 6) is 0. The third-order valence-electron chi connectivity index (χ3n) is 2.48. The number of hydrogen-bond acceptors (Lipinski definition) is 1. The lowest BCUT2D eigenvalue weighted by Gasteiger charge is -2.16. The van der Waals surface area contributed by atoms with Crippen LogP contribution >= 0.6 is 23.2 Å². The van der Waals surface area contributed by atoms with Crippen LogP contribution in [0.1, 0.15) is 0 Å². The van der Waals surface area contributed by atoms with Crippen LogP contribution in [0.15, 0.2) is 31.0 Å². The molecule has 0 saturated carbocycles. The molecule has 0 unspecified atom stereocenters. The van der Waals surface area contributed by atoms with Crippen LogP contribution in [0.5, 0.6) is 0 Å². The minimum atomic E-state index is -0.0895. The second-order valence-electron chi connectivity index (χ2n) is 3.41. The maximum absolute atomic E-state index is 11.8. The third-order valence-corrected chi connectivity index (χ3v) is 3.22. The number of nitrogens with zero attached hydrogens (tertiary/aromatic N) is 2. The summed E-state index contributed by atoms with van der Waals surface area (Å²) in [5.41, 5.74) is 0.753. The van der Waals surface area contributed by atoms with Crippen molar-refractivity contribution in [1.82, 2.24) is 4.90 Å². The molecule has 1 aromatic rings. The summed E-state index contributed by atoms with van der Waals surface area (Å²) in [6.45, 7) is 4.85. The van der Waals surface area contributed by atoms with Crippen molar-refractivity contribution in [1.29, 1.82) is 0 Å². The van der Waals surface area contributed by atoms with Gasteiger partial charge in [0.15, 0.2) is 0 Å². The number of rotatable bonds is 2. The van der Waals surface area contributed by atoms with Gasteiger partial charge in [0.1, 0.15) is 0 Å². The van der Waals surface area contributed by atoms with Crippen LogP contribution in [0.25, 0.3) is 0 Å². The van der Waals surface area contributed by atoms with Crippen molar-refractivity contribution < 1.29 is 4.79 Å². The molecule has 0 aromatic heterocycles. The van der Waals surface area contributed by atoms with E-state index in [-0.39, 0.29) is 6.03 Å². The van der Waals surface area contributed by atoms with Crippen LogP contribution in [0.4, 0.5) is 10.5 Å². The van der Waals surface area contributed by atoms with Gasteiger partial charge in [-0.25, -0.2) is 4.79 Å². The lowest BCUT2D eigenvalue weighted by molar-refractivity contribution is 0.234. The number of amides is 2. The Bertz CT molecular complexity index is 448. The van der Waals surface area contributed by atoms with Crippen LogP contribution in [0.2, 0.25) is 10.0 Å². The lowest BCUT2D eigenvalue weighted by Crippen LogP contribution is -2.28. The van der Waals surface area contributed by atoms with Crippen molar-refractivity contribution in [3.8, 4) is 0 Å². The summed E-state index contributed by atoms with van der Waals surface area (Å²) in [7, 11) is 0. The summed E-state index contributed by atoms with van der Waals surface area (Å²) >= 11 is 11.7. The second kappa shape index (κ2) is 4.36. The number of urea groups is 1. The Morgan fingerprint density at radius 1 is 1.25 bits per heavy atom. The molecule has 1 aliphatic rings. The Morgan fingerprint density at radius 3 is 2.56 bits per heavy atom. The zero-order chi connectivity index (χ0) is 11.7. The van der Waals surface area contributed by atoms with Crippen LogP contribution in [0, 0.1) is 0 Å². The summed E-state index contributed by atoms with van der Waals surface area (Å²) in [5, 5.41) is 0.932. The highest BCUT2D eigenvalue weighted by atomic mass is 35.5. The van der Waals surface area contributed by atoms with Gasteiger partial charge >= 0.3 is 6.03 Å². The van der Waals surface area contributed by atoms with Crippen molar-refractivity contribution in [2.45, 2.75) is 0 Å². The van der Waals surface area contributed by atoms with E-state index in [1.807, 2.05) is 0 Å². The quantitative estimate of drug-likeness (QED) is 0.796. The Morgan fingerprint density at radius 2 is 2.00 bits per heavy atom. The fourth-order valence-electron chi connectivity index (χ4n) is 1.62. The standard InChI is InChI=1S/C11H10Cl2N2O/c1-2-14-5-6-15(11(14)16)8-3-4-9(12)10(13)7-8/h2-4,7H,1,5-6H2. The highest BCUT2D eigenvalue weighted by molar-refractivity contribution is 6.42. The van der Waals surface area contributed by atoms with E-state index < -0.39 is 0 Å².